The minimum Gasteiger partial charge on any atom is -0.301 e. The summed E-state index contributed by atoms with van der Waals surface area (Å²) in [5, 5.41) is 0. The lowest BCUT2D eigenvalue weighted by Gasteiger charge is -2.52. The van der Waals surface area contributed by atoms with Crippen LogP contribution in [0.5, 0.6) is 0 Å². The van der Waals surface area contributed by atoms with Gasteiger partial charge >= 0.3 is 0 Å². The average molecular weight is 434 g/mol. The molecule has 1 aromatic rings. The summed E-state index contributed by atoms with van der Waals surface area (Å²) in [6.45, 7) is 7.93. The Kier molecular flexibility index (Phi) is 5.46. The van der Waals surface area contributed by atoms with Crippen LogP contribution in [0.4, 0.5) is 4.39 Å². The van der Waals surface area contributed by atoms with Crippen LogP contribution in [-0.4, -0.2) is 49.7 Å². The smallest absolute Gasteiger partial charge is 0.278 e. The molecular weight excluding hydrogens is 401 g/mol. The van der Waals surface area contributed by atoms with Gasteiger partial charge in [0.2, 0.25) is 0 Å². The number of piperidine rings is 3. The van der Waals surface area contributed by atoms with E-state index in [1.807, 2.05) is 43.3 Å². The zero-order chi connectivity index (χ0) is 21.6. The number of hydrogen-bond donors (Lipinski definition) is 2. The summed E-state index contributed by atoms with van der Waals surface area (Å²) in [4.78, 5) is 2.30. The topological polar surface area (TPSA) is 61.4 Å². The van der Waals surface area contributed by atoms with Gasteiger partial charge in [0.15, 0.2) is 5.67 Å². The molecule has 0 amide bonds. The van der Waals surface area contributed by atoms with Gasteiger partial charge in [-0.25, -0.2) is 4.39 Å². The maximum Gasteiger partial charge on any atom is 0.278 e. The monoisotopic (exact) mass is 433 g/mol. The van der Waals surface area contributed by atoms with Crippen molar-refractivity contribution in [1.82, 2.24) is 14.3 Å². The molecule has 5 rings (SSSR count). The Hall–Kier alpha value is -1.54. The van der Waals surface area contributed by atoms with Crippen molar-refractivity contribution in [3.63, 3.8) is 0 Å². The molecule has 5 nitrogen and oxygen atoms in total. The van der Waals surface area contributed by atoms with Crippen molar-refractivity contribution in [1.29, 1.82) is 0 Å². The first-order valence-electron chi connectivity index (χ1n) is 10.7. The van der Waals surface area contributed by atoms with Crippen molar-refractivity contribution in [2.45, 2.75) is 56.8 Å². The van der Waals surface area contributed by atoms with Gasteiger partial charge in [0.1, 0.15) is 0 Å². The SMILES string of the molecule is CC1(NS(=O)(=O)NC(C)(C)C2(F)C=CC(c3ccccc3)=CC2)CN2CCC1CC2. The maximum absolute atomic E-state index is 15.9. The van der Waals surface area contributed by atoms with E-state index in [4.69, 9.17) is 0 Å². The second-order valence-electron chi connectivity index (χ2n) is 9.73. The van der Waals surface area contributed by atoms with Crippen molar-refractivity contribution in [3.8, 4) is 0 Å². The molecule has 0 saturated carbocycles. The number of nitrogens with one attached hydrogen (secondary N) is 2. The number of hydrogen-bond acceptors (Lipinski definition) is 3. The number of nitrogens with zero attached hydrogens (tertiary/aromatic N) is 1. The molecule has 2 bridgehead atoms. The van der Waals surface area contributed by atoms with Gasteiger partial charge in [0.25, 0.3) is 10.2 Å². The van der Waals surface area contributed by atoms with Crippen LogP contribution < -0.4 is 9.44 Å². The summed E-state index contributed by atoms with van der Waals surface area (Å²) in [5.74, 6) is 0.312. The summed E-state index contributed by atoms with van der Waals surface area (Å²) in [6, 6.07) is 9.79. The fraction of sp³-hybridized carbons (Fsp3) is 0.565. The average Bonchev–Trinajstić information content (AvgIpc) is 2.68. The Morgan fingerprint density at radius 3 is 2.37 bits per heavy atom. The summed E-state index contributed by atoms with van der Waals surface area (Å²) < 4.78 is 47.4. The molecule has 4 aliphatic rings. The Morgan fingerprint density at radius 1 is 1.17 bits per heavy atom. The first-order chi connectivity index (χ1) is 14.0. The Morgan fingerprint density at radius 2 is 1.83 bits per heavy atom. The normalized spacial score (nSPS) is 34.1. The van der Waals surface area contributed by atoms with E-state index in [-0.39, 0.29) is 6.42 Å². The van der Waals surface area contributed by atoms with Gasteiger partial charge in [-0.15, -0.1) is 0 Å². The molecule has 0 radical (unpaired) electrons. The number of rotatable bonds is 6. The van der Waals surface area contributed by atoms with Gasteiger partial charge in [-0.1, -0.05) is 42.5 Å². The van der Waals surface area contributed by atoms with Crippen LogP contribution in [0.1, 0.15) is 45.6 Å². The molecule has 0 spiro atoms. The minimum atomic E-state index is -3.89. The third kappa shape index (κ3) is 4.13. The first-order valence-corrected chi connectivity index (χ1v) is 12.2. The van der Waals surface area contributed by atoms with Crippen LogP contribution >= 0.6 is 0 Å². The number of halogens is 1. The Balaban J connectivity index is 1.47. The molecule has 2 atom stereocenters. The quantitative estimate of drug-likeness (QED) is 0.723. The molecule has 1 aliphatic carbocycles. The second-order valence-corrected chi connectivity index (χ2v) is 11.1. The summed E-state index contributed by atoms with van der Waals surface area (Å²) in [5.41, 5.74) is -1.69. The molecule has 30 heavy (non-hydrogen) atoms. The lowest BCUT2D eigenvalue weighted by Crippen LogP contribution is -2.68. The molecular formula is C23H32FN3O2S. The fourth-order valence-electron chi connectivity index (χ4n) is 5.12. The van der Waals surface area contributed by atoms with E-state index in [9.17, 15) is 8.42 Å². The first kappa shape index (κ1) is 21.7. The summed E-state index contributed by atoms with van der Waals surface area (Å²) in [6.07, 6.45) is 7.17. The molecule has 1 aromatic carbocycles. The molecule has 2 unspecified atom stereocenters. The third-order valence-corrected chi connectivity index (χ3v) is 8.60. The van der Waals surface area contributed by atoms with E-state index in [0.29, 0.717) is 12.5 Å². The number of fused-ring (bicyclic) bond motifs is 3. The minimum absolute atomic E-state index is 0.108. The standard InChI is InChI=1S/C23H32FN3O2S/c1-21(2,23(24)13-9-19(10-14-23)18-7-5-4-6-8-18)25-30(28,29)26-22(3)17-27-15-11-20(22)12-16-27/h4-10,13,20,25-26H,11-12,14-17H2,1-3H3. The zero-order valence-electron chi connectivity index (χ0n) is 18.0. The van der Waals surface area contributed by atoms with Crippen LogP contribution in [0.3, 0.4) is 0 Å². The van der Waals surface area contributed by atoms with Gasteiger partial charge < -0.3 is 4.90 Å². The van der Waals surface area contributed by atoms with E-state index >= 15 is 4.39 Å². The lowest BCUT2D eigenvalue weighted by atomic mass is 9.75. The highest BCUT2D eigenvalue weighted by Crippen LogP contribution is 2.39. The van der Waals surface area contributed by atoms with Gasteiger partial charge in [0.05, 0.1) is 5.54 Å². The van der Waals surface area contributed by atoms with E-state index in [1.165, 1.54) is 6.08 Å². The van der Waals surface area contributed by atoms with Crippen molar-refractivity contribution in [2.24, 2.45) is 5.92 Å². The number of benzene rings is 1. The third-order valence-electron chi connectivity index (χ3n) is 7.09. The van der Waals surface area contributed by atoms with E-state index < -0.39 is 27.0 Å². The Labute approximate surface area is 179 Å². The number of allylic oxidation sites excluding steroid dienone is 3. The molecule has 3 fully saturated rings. The van der Waals surface area contributed by atoms with Gasteiger partial charge in [-0.2, -0.15) is 17.9 Å². The maximum atomic E-state index is 15.9. The Bertz CT molecular complexity index is 952. The highest BCUT2D eigenvalue weighted by atomic mass is 32.2. The van der Waals surface area contributed by atoms with Crippen molar-refractivity contribution in [3.05, 3.63) is 54.1 Å². The lowest BCUT2D eigenvalue weighted by molar-refractivity contribution is 0.0288. The largest absolute Gasteiger partial charge is 0.301 e. The second kappa shape index (κ2) is 7.55. The predicted octanol–water partition coefficient (Wildman–Crippen LogP) is 3.43. The van der Waals surface area contributed by atoms with Crippen LogP contribution in [0.15, 0.2) is 48.6 Å². The zero-order valence-corrected chi connectivity index (χ0v) is 18.8. The van der Waals surface area contributed by atoms with Crippen LogP contribution in [-0.2, 0) is 10.2 Å². The highest BCUT2D eigenvalue weighted by molar-refractivity contribution is 7.87. The molecule has 3 aliphatic heterocycles. The van der Waals surface area contributed by atoms with Crippen molar-refractivity contribution in [2.75, 3.05) is 19.6 Å². The van der Waals surface area contributed by atoms with Gasteiger partial charge in [0, 0.05) is 18.5 Å². The summed E-state index contributed by atoms with van der Waals surface area (Å²) >= 11 is 0. The molecule has 3 saturated heterocycles. The van der Waals surface area contributed by atoms with Crippen molar-refractivity contribution < 1.29 is 12.8 Å². The fourth-order valence-corrected chi connectivity index (χ4v) is 6.85. The molecule has 164 valence electrons. The van der Waals surface area contributed by atoms with E-state index in [2.05, 4.69) is 14.3 Å². The van der Waals surface area contributed by atoms with Gasteiger partial charge in [-0.3, -0.25) is 0 Å². The van der Waals surface area contributed by atoms with E-state index in [0.717, 1.165) is 37.1 Å². The van der Waals surface area contributed by atoms with E-state index in [1.54, 1.807) is 19.9 Å². The van der Waals surface area contributed by atoms with Gasteiger partial charge in [-0.05, 0) is 69.8 Å². The molecule has 0 aromatic heterocycles. The predicted molar refractivity (Wildman–Crippen MR) is 119 cm³/mol. The summed E-state index contributed by atoms with van der Waals surface area (Å²) in [7, 11) is -3.89. The molecule has 7 heteroatoms. The van der Waals surface area contributed by atoms with Crippen LogP contribution in [0.2, 0.25) is 0 Å². The number of alkyl halides is 1. The van der Waals surface area contributed by atoms with Crippen molar-refractivity contribution >= 4 is 15.8 Å². The molecule has 2 N–H and O–H groups in total. The van der Waals surface area contributed by atoms with Crippen LogP contribution in [0, 0.1) is 5.92 Å². The molecule has 3 heterocycles. The highest BCUT2D eigenvalue weighted by Gasteiger charge is 2.49. The van der Waals surface area contributed by atoms with Crippen LogP contribution in [0.25, 0.3) is 5.57 Å².